The summed E-state index contributed by atoms with van der Waals surface area (Å²) in [5.74, 6) is 1.77. The molecule has 144 valence electrons. The molecule has 1 amide bonds. The third-order valence-corrected chi connectivity index (χ3v) is 4.86. The van der Waals surface area contributed by atoms with Crippen LogP contribution < -0.4 is 10.2 Å². The van der Waals surface area contributed by atoms with Crippen molar-refractivity contribution in [3.8, 4) is 0 Å². The van der Waals surface area contributed by atoms with E-state index in [2.05, 4.69) is 15.2 Å². The van der Waals surface area contributed by atoms with Gasteiger partial charge in [0.05, 0.1) is 6.26 Å². The monoisotopic (exact) mass is 377 g/mol. The van der Waals surface area contributed by atoms with Crippen LogP contribution in [0.1, 0.15) is 21.8 Å². The van der Waals surface area contributed by atoms with E-state index in [-0.39, 0.29) is 5.91 Å². The van der Waals surface area contributed by atoms with E-state index in [4.69, 9.17) is 9.40 Å². The molecule has 3 heterocycles. The summed E-state index contributed by atoms with van der Waals surface area (Å²) in [6, 6.07) is 13.5. The number of benzene rings is 1. The van der Waals surface area contributed by atoms with Crippen LogP contribution >= 0.6 is 0 Å². The van der Waals surface area contributed by atoms with Crippen LogP contribution in [0.3, 0.4) is 0 Å². The molecule has 3 aromatic rings. The van der Waals surface area contributed by atoms with Crippen LogP contribution in [-0.2, 0) is 0 Å². The maximum absolute atomic E-state index is 12.4. The van der Waals surface area contributed by atoms with Crippen molar-refractivity contribution in [1.82, 2.24) is 14.9 Å². The average Bonchev–Trinajstić information content (AvgIpc) is 3.24. The quantitative estimate of drug-likeness (QED) is 0.751. The lowest BCUT2D eigenvalue weighted by molar-refractivity contribution is 0.0714. The van der Waals surface area contributed by atoms with Gasteiger partial charge in [0, 0.05) is 43.6 Å². The third-order valence-electron chi connectivity index (χ3n) is 4.86. The maximum atomic E-state index is 12.4. The predicted octanol–water partition coefficient (Wildman–Crippen LogP) is 3.39. The first-order valence-corrected chi connectivity index (χ1v) is 9.36. The Morgan fingerprint density at radius 1 is 1.04 bits per heavy atom. The highest BCUT2D eigenvalue weighted by Crippen LogP contribution is 2.22. The van der Waals surface area contributed by atoms with Gasteiger partial charge in [-0.15, -0.1) is 0 Å². The number of para-hydroxylation sites is 1. The van der Waals surface area contributed by atoms with Crippen LogP contribution in [0.2, 0.25) is 0 Å². The lowest BCUT2D eigenvalue weighted by Crippen LogP contribution is -2.49. The SMILES string of the molecule is Cc1cc(N2CCN(C(=O)c3ccco3)CC2)nc(Nc2ccccc2C)n1. The molecule has 0 atom stereocenters. The van der Waals surface area contributed by atoms with Crippen LogP contribution in [-0.4, -0.2) is 47.0 Å². The zero-order valence-corrected chi connectivity index (χ0v) is 16.1. The summed E-state index contributed by atoms with van der Waals surface area (Å²) < 4.78 is 5.22. The summed E-state index contributed by atoms with van der Waals surface area (Å²) in [7, 11) is 0. The molecule has 0 bridgehead atoms. The molecule has 1 N–H and O–H groups in total. The second-order valence-electron chi connectivity index (χ2n) is 6.89. The number of hydrogen-bond donors (Lipinski definition) is 1. The average molecular weight is 377 g/mol. The third kappa shape index (κ3) is 3.83. The Morgan fingerprint density at radius 3 is 2.54 bits per heavy atom. The van der Waals surface area contributed by atoms with E-state index in [0.29, 0.717) is 37.9 Å². The van der Waals surface area contributed by atoms with Gasteiger partial charge in [-0.2, -0.15) is 4.98 Å². The Morgan fingerprint density at radius 2 is 1.82 bits per heavy atom. The number of piperazine rings is 1. The fourth-order valence-electron chi connectivity index (χ4n) is 3.30. The Bertz CT molecular complexity index is 963. The van der Waals surface area contributed by atoms with Crippen LogP contribution in [0.5, 0.6) is 0 Å². The Kier molecular flexibility index (Phi) is 4.97. The molecule has 28 heavy (non-hydrogen) atoms. The largest absolute Gasteiger partial charge is 0.459 e. The molecule has 1 aliphatic heterocycles. The van der Waals surface area contributed by atoms with Crippen molar-refractivity contribution in [2.75, 3.05) is 36.4 Å². The Balaban J connectivity index is 1.46. The molecule has 7 heteroatoms. The van der Waals surface area contributed by atoms with Crippen molar-refractivity contribution in [3.05, 3.63) is 65.7 Å². The topological polar surface area (TPSA) is 74.5 Å². The molecule has 0 saturated carbocycles. The fraction of sp³-hybridized carbons (Fsp3) is 0.286. The standard InChI is InChI=1S/C21H23N5O2/c1-15-6-3-4-7-17(15)23-21-22-16(2)14-19(24-21)25-9-11-26(12-10-25)20(27)18-8-5-13-28-18/h3-8,13-14H,9-12H2,1-2H3,(H,22,23,24). The van der Waals surface area contributed by atoms with Gasteiger partial charge in [0.15, 0.2) is 5.76 Å². The summed E-state index contributed by atoms with van der Waals surface area (Å²) in [5.41, 5.74) is 3.03. The van der Waals surface area contributed by atoms with Crippen molar-refractivity contribution in [2.45, 2.75) is 13.8 Å². The zero-order chi connectivity index (χ0) is 19.5. The van der Waals surface area contributed by atoms with Gasteiger partial charge in [-0.25, -0.2) is 4.98 Å². The van der Waals surface area contributed by atoms with Gasteiger partial charge >= 0.3 is 0 Å². The lowest BCUT2D eigenvalue weighted by atomic mass is 10.2. The van der Waals surface area contributed by atoms with Crippen molar-refractivity contribution in [2.24, 2.45) is 0 Å². The van der Waals surface area contributed by atoms with Crippen LogP contribution in [0, 0.1) is 13.8 Å². The van der Waals surface area contributed by atoms with Gasteiger partial charge in [-0.05, 0) is 37.6 Å². The first-order valence-electron chi connectivity index (χ1n) is 9.36. The molecule has 4 rings (SSSR count). The number of rotatable bonds is 4. The van der Waals surface area contributed by atoms with E-state index >= 15 is 0 Å². The number of aryl methyl sites for hydroxylation is 2. The number of amides is 1. The van der Waals surface area contributed by atoms with Crippen molar-refractivity contribution >= 4 is 23.4 Å². The smallest absolute Gasteiger partial charge is 0.289 e. The molecule has 0 unspecified atom stereocenters. The minimum absolute atomic E-state index is 0.0644. The number of furan rings is 1. The van der Waals surface area contributed by atoms with Crippen LogP contribution in [0.15, 0.2) is 53.1 Å². The van der Waals surface area contributed by atoms with Gasteiger partial charge < -0.3 is 19.5 Å². The van der Waals surface area contributed by atoms with Crippen molar-refractivity contribution in [3.63, 3.8) is 0 Å². The maximum Gasteiger partial charge on any atom is 0.289 e. The molecule has 1 aliphatic rings. The summed E-state index contributed by atoms with van der Waals surface area (Å²) in [6.07, 6.45) is 1.52. The molecular formula is C21H23N5O2. The number of aromatic nitrogens is 2. The Hall–Kier alpha value is -3.35. The second kappa shape index (κ2) is 7.72. The number of nitrogens with one attached hydrogen (secondary N) is 1. The van der Waals surface area contributed by atoms with E-state index in [0.717, 1.165) is 22.8 Å². The number of carbonyl (C=O) groups is 1. The molecule has 1 fully saturated rings. The first-order chi connectivity index (χ1) is 13.6. The molecule has 1 aromatic carbocycles. The van der Waals surface area contributed by atoms with Gasteiger partial charge in [0.25, 0.3) is 5.91 Å². The van der Waals surface area contributed by atoms with E-state index in [9.17, 15) is 4.79 Å². The highest BCUT2D eigenvalue weighted by Gasteiger charge is 2.24. The number of anilines is 3. The molecule has 0 aliphatic carbocycles. The summed E-state index contributed by atoms with van der Waals surface area (Å²) in [6.45, 7) is 6.70. The van der Waals surface area contributed by atoms with Gasteiger partial charge in [-0.3, -0.25) is 4.79 Å². The van der Waals surface area contributed by atoms with Crippen molar-refractivity contribution < 1.29 is 9.21 Å². The molecule has 7 nitrogen and oxygen atoms in total. The van der Waals surface area contributed by atoms with Crippen LogP contribution in [0.25, 0.3) is 0 Å². The van der Waals surface area contributed by atoms with E-state index in [1.165, 1.54) is 6.26 Å². The number of hydrogen-bond acceptors (Lipinski definition) is 6. The molecule has 0 radical (unpaired) electrons. The number of nitrogens with zero attached hydrogens (tertiary/aromatic N) is 4. The van der Waals surface area contributed by atoms with Crippen molar-refractivity contribution in [1.29, 1.82) is 0 Å². The van der Waals surface area contributed by atoms with Gasteiger partial charge in [-0.1, -0.05) is 18.2 Å². The molecular weight excluding hydrogens is 354 g/mol. The summed E-state index contributed by atoms with van der Waals surface area (Å²) in [4.78, 5) is 25.6. The normalized spacial score (nSPS) is 14.2. The first kappa shape index (κ1) is 18.0. The minimum Gasteiger partial charge on any atom is -0.459 e. The van der Waals surface area contributed by atoms with E-state index in [1.807, 2.05) is 49.1 Å². The summed E-state index contributed by atoms with van der Waals surface area (Å²) in [5, 5.41) is 3.31. The lowest BCUT2D eigenvalue weighted by Gasteiger charge is -2.35. The highest BCUT2D eigenvalue weighted by molar-refractivity contribution is 5.91. The minimum atomic E-state index is -0.0644. The van der Waals surface area contributed by atoms with Crippen LogP contribution in [0.4, 0.5) is 17.5 Å². The summed E-state index contributed by atoms with van der Waals surface area (Å²) >= 11 is 0. The highest BCUT2D eigenvalue weighted by atomic mass is 16.3. The predicted molar refractivity (Wildman–Crippen MR) is 108 cm³/mol. The Labute approximate surface area is 164 Å². The van der Waals surface area contributed by atoms with Gasteiger partial charge in [0.2, 0.25) is 5.95 Å². The number of carbonyl (C=O) groups excluding carboxylic acids is 1. The second-order valence-corrected chi connectivity index (χ2v) is 6.89. The fourth-order valence-corrected chi connectivity index (χ4v) is 3.30. The van der Waals surface area contributed by atoms with E-state index in [1.54, 1.807) is 12.1 Å². The van der Waals surface area contributed by atoms with E-state index < -0.39 is 0 Å². The molecule has 0 spiro atoms. The zero-order valence-electron chi connectivity index (χ0n) is 16.1. The molecule has 2 aromatic heterocycles. The van der Waals surface area contributed by atoms with Gasteiger partial charge in [0.1, 0.15) is 5.82 Å². The molecule has 1 saturated heterocycles.